The topological polar surface area (TPSA) is 77.2 Å². The average molecular weight is 221 g/mol. The number of hydrogen-bond donors (Lipinski definition) is 2. The molecule has 0 unspecified atom stereocenters. The van der Waals surface area contributed by atoms with E-state index in [0.29, 0.717) is 25.4 Å². The van der Waals surface area contributed by atoms with Crippen molar-refractivity contribution in [2.75, 3.05) is 25.5 Å². The number of nitrogens with one attached hydrogen (secondary N) is 1. The lowest BCUT2D eigenvalue weighted by molar-refractivity contribution is -0.0978. The summed E-state index contributed by atoms with van der Waals surface area (Å²) in [5.74, 6) is -0.230. The van der Waals surface area contributed by atoms with Gasteiger partial charge in [0.05, 0.1) is 18.9 Å². The second kappa shape index (κ2) is 4.09. The Morgan fingerprint density at radius 2 is 2.44 bits per heavy atom. The zero-order valence-electron chi connectivity index (χ0n) is 9.19. The van der Waals surface area contributed by atoms with E-state index in [9.17, 15) is 4.79 Å². The third-order valence-electron chi connectivity index (χ3n) is 2.63. The Balaban J connectivity index is 1.96. The van der Waals surface area contributed by atoms with Crippen LogP contribution in [0, 0.1) is 5.41 Å². The number of nitrogen functional groups attached to an aromatic ring is 1. The van der Waals surface area contributed by atoms with E-state index in [1.165, 1.54) is 0 Å². The van der Waals surface area contributed by atoms with E-state index in [2.05, 4.69) is 17.2 Å². The molecule has 2 heterocycles. The van der Waals surface area contributed by atoms with Gasteiger partial charge in [0, 0.05) is 18.2 Å². The van der Waals surface area contributed by atoms with E-state index >= 15 is 0 Å². The molecule has 0 atom stereocenters. The van der Waals surface area contributed by atoms with Gasteiger partial charge in [0.25, 0.3) is 5.91 Å². The van der Waals surface area contributed by atoms with Crippen LogP contribution >= 0.6 is 0 Å². The van der Waals surface area contributed by atoms with Gasteiger partial charge in [-0.25, -0.2) is 4.98 Å². The maximum Gasteiger partial charge on any atom is 0.272 e. The summed E-state index contributed by atoms with van der Waals surface area (Å²) in [7, 11) is 0. The minimum atomic E-state index is -0.230. The Kier molecular flexibility index (Phi) is 2.78. The second-order valence-electron chi connectivity index (χ2n) is 4.43. The first-order chi connectivity index (χ1) is 7.61. The summed E-state index contributed by atoms with van der Waals surface area (Å²) in [6.07, 6.45) is 1.56. The van der Waals surface area contributed by atoms with Crippen molar-refractivity contribution >= 4 is 11.6 Å². The molecule has 1 fully saturated rings. The molecule has 2 rings (SSSR count). The second-order valence-corrected chi connectivity index (χ2v) is 4.43. The number of ether oxygens (including phenoxy) is 1. The van der Waals surface area contributed by atoms with Crippen LogP contribution in [-0.2, 0) is 4.74 Å². The number of nitrogens with two attached hydrogens (primary N) is 1. The van der Waals surface area contributed by atoms with Gasteiger partial charge in [0.1, 0.15) is 0 Å². The number of aromatic nitrogens is 1. The van der Waals surface area contributed by atoms with Gasteiger partial charge < -0.3 is 15.8 Å². The van der Waals surface area contributed by atoms with Crippen molar-refractivity contribution in [2.24, 2.45) is 5.41 Å². The molecule has 0 bridgehead atoms. The molecule has 86 valence electrons. The molecule has 1 aromatic rings. The van der Waals surface area contributed by atoms with Gasteiger partial charge in [-0.05, 0) is 12.1 Å². The van der Waals surface area contributed by atoms with Crippen LogP contribution in [-0.4, -0.2) is 30.6 Å². The largest absolute Gasteiger partial charge is 0.397 e. The Morgan fingerprint density at radius 3 is 3.00 bits per heavy atom. The quantitative estimate of drug-likeness (QED) is 0.776. The summed E-state index contributed by atoms with van der Waals surface area (Å²) in [6, 6.07) is 3.36. The number of carbonyl (C=O) groups excluding carboxylic acids is 1. The lowest BCUT2D eigenvalue weighted by Gasteiger charge is -2.37. The van der Waals surface area contributed by atoms with Crippen LogP contribution in [0.25, 0.3) is 0 Å². The minimum absolute atomic E-state index is 0.0548. The van der Waals surface area contributed by atoms with Crippen LogP contribution in [0.1, 0.15) is 17.4 Å². The van der Waals surface area contributed by atoms with E-state index in [1.807, 2.05) is 0 Å². The molecule has 1 amide bonds. The molecule has 5 heteroatoms. The first-order valence-corrected chi connectivity index (χ1v) is 5.17. The van der Waals surface area contributed by atoms with Gasteiger partial charge in [-0.15, -0.1) is 0 Å². The highest BCUT2D eigenvalue weighted by Crippen LogP contribution is 2.25. The van der Waals surface area contributed by atoms with Crippen molar-refractivity contribution in [1.82, 2.24) is 10.3 Å². The summed E-state index contributed by atoms with van der Waals surface area (Å²) in [5.41, 5.74) is 6.40. The highest BCUT2D eigenvalue weighted by molar-refractivity contribution is 5.96. The van der Waals surface area contributed by atoms with E-state index in [0.717, 1.165) is 0 Å². The minimum Gasteiger partial charge on any atom is -0.397 e. The van der Waals surface area contributed by atoms with Crippen molar-refractivity contribution < 1.29 is 9.53 Å². The van der Waals surface area contributed by atoms with E-state index in [4.69, 9.17) is 10.5 Å². The molecule has 1 aliphatic rings. The molecule has 0 saturated carbocycles. The number of hydrogen-bond acceptors (Lipinski definition) is 4. The molecule has 0 radical (unpaired) electrons. The Hall–Kier alpha value is -1.62. The monoisotopic (exact) mass is 221 g/mol. The van der Waals surface area contributed by atoms with Crippen LogP contribution in [0.5, 0.6) is 0 Å². The molecule has 3 N–H and O–H groups in total. The fraction of sp³-hybridized carbons (Fsp3) is 0.455. The summed E-state index contributed by atoms with van der Waals surface area (Å²) in [6.45, 7) is 4.02. The fourth-order valence-electron chi connectivity index (χ4n) is 1.54. The number of rotatable bonds is 3. The predicted octanol–water partition coefficient (Wildman–Crippen LogP) is 0.430. The van der Waals surface area contributed by atoms with E-state index in [1.54, 1.807) is 18.3 Å². The van der Waals surface area contributed by atoms with Crippen LogP contribution in [0.2, 0.25) is 0 Å². The smallest absolute Gasteiger partial charge is 0.272 e. The number of anilines is 1. The molecular weight excluding hydrogens is 206 g/mol. The highest BCUT2D eigenvalue weighted by atomic mass is 16.5. The SMILES string of the molecule is CC1(CNC(=O)c2ncccc2N)COC1. The average Bonchev–Trinajstić information content (AvgIpc) is 2.24. The van der Waals surface area contributed by atoms with Gasteiger partial charge in [-0.1, -0.05) is 6.92 Å². The van der Waals surface area contributed by atoms with Crippen LogP contribution < -0.4 is 11.1 Å². The number of carbonyl (C=O) groups is 1. The molecule has 1 aliphatic heterocycles. The third kappa shape index (κ3) is 2.14. The Morgan fingerprint density at radius 1 is 1.69 bits per heavy atom. The molecule has 1 aromatic heterocycles. The van der Waals surface area contributed by atoms with Crippen molar-refractivity contribution in [2.45, 2.75) is 6.92 Å². The van der Waals surface area contributed by atoms with Gasteiger partial charge in [-0.2, -0.15) is 0 Å². The summed E-state index contributed by atoms with van der Waals surface area (Å²) < 4.78 is 5.11. The molecule has 0 aromatic carbocycles. The third-order valence-corrected chi connectivity index (χ3v) is 2.63. The first-order valence-electron chi connectivity index (χ1n) is 5.17. The van der Waals surface area contributed by atoms with Gasteiger partial charge in [0.2, 0.25) is 0 Å². The van der Waals surface area contributed by atoms with Gasteiger partial charge >= 0.3 is 0 Å². The molecule has 0 aliphatic carbocycles. The van der Waals surface area contributed by atoms with Crippen LogP contribution in [0.4, 0.5) is 5.69 Å². The van der Waals surface area contributed by atoms with Crippen LogP contribution in [0.15, 0.2) is 18.3 Å². The van der Waals surface area contributed by atoms with E-state index in [-0.39, 0.29) is 17.0 Å². The zero-order chi connectivity index (χ0) is 11.6. The lowest BCUT2D eigenvalue weighted by Crippen LogP contribution is -2.48. The van der Waals surface area contributed by atoms with E-state index < -0.39 is 0 Å². The Bertz CT molecular complexity index is 402. The summed E-state index contributed by atoms with van der Waals surface area (Å²) >= 11 is 0. The molecule has 5 nitrogen and oxygen atoms in total. The molecule has 1 saturated heterocycles. The molecular formula is C11H15N3O2. The summed E-state index contributed by atoms with van der Waals surface area (Å²) in [5, 5.41) is 2.82. The maximum atomic E-state index is 11.8. The van der Waals surface area contributed by atoms with Crippen molar-refractivity contribution in [3.8, 4) is 0 Å². The van der Waals surface area contributed by atoms with Crippen molar-refractivity contribution in [1.29, 1.82) is 0 Å². The number of pyridine rings is 1. The normalized spacial score (nSPS) is 17.6. The maximum absolute atomic E-state index is 11.8. The predicted molar refractivity (Wildman–Crippen MR) is 59.9 cm³/mol. The highest BCUT2D eigenvalue weighted by Gasteiger charge is 2.33. The standard InChI is InChI=1S/C11H15N3O2/c1-11(6-16-7-11)5-14-10(15)9-8(12)3-2-4-13-9/h2-4H,5-7,12H2,1H3,(H,14,15). The molecule has 0 spiro atoms. The van der Waals surface area contributed by atoms with Gasteiger partial charge in [0.15, 0.2) is 5.69 Å². The summed E-state index contributed by atoms with van der Waals surface area (Å²) in [4.78, 5) is 15.7. The van der Waals surface area contributed by atoms with Gasteiger partial charge in [-0.3, -0.25) is 4.79 Å². The Labute approximate surface area is 94.0 Å². The fourth-order valence-corrected chi connectivity index (χ4v) is 1.54. The first kappa shape index (κ1) is 10.9. The number of nitrogens with zero attached hydrogens (tertiary/aromatic N) is 1. The zero-order valence-corrected chi connectivity index (χ0v) is 9.19. The lowest BCUT2D eigenvalue weighted by atomic mass is 9.89. The van der Waals surface area contributed by atoms with Crippen LogP contribution in [0.3, 0.4) is 0 Å². The number of amides is 1. The van der Waals surface area contributed by atoms with Crippen molar-refractivity contribution in [3.05, 3.63) is 24.0 Å². The van der Waals surface area contributed by atoms with Crippen molar-refractivity contribution in [3.63, 3.8) is 0 Å². The molecule has 16 heavy (non-hydrogen) atoms.